The maximum Gasteiger partial charge on any atom is 0.220 e. The van der Waals surface area contributed by atoms with Crippen molar-refractivity contribution in [1.82, 2.24) is 5.32 Å². The topological polar surface area (TPSA) is 67.8 Å². The van der Waals surface area contributed by atoms with E-state index >= 15 is 0 Å². The van der Waals surface area contributed by atoms with Crippen molar-refractivity contribution in [3.05, 3.63) is 59.7 Å². The lowest BCUT2D eigenvalue weighted by atomic mass is 9.87. The van der Waals surface area contributed by atoms with Crippen molar-refractivity contribution in [3.8, 4) is 11.5 Å². The Bertz CT molecular complexity index is 733. The van der Waals surface area contributed by atoms with Crippen LogP contribution in [0.15, 0.2) is 48.5 Å². The lowest BCUT2D eigenvalue weighted by Crippen LogP contribution is -2.28. The highest BCUT2D eigenvalue weighted by Gasteiger charge is 2.13. The number of carbonyl (C=O) groups excluding carboxylic acids is 1. The molecule has 0 bridgehead atoms. The largest absolute Gasteiger partial charge is 0.497 e. The molecular weight excluding hydrogens is 354 g/mol. The van der Waals surface area contributed by atoms with E-state index in [9.17, 15) is 9.90 Å². The van der Waals surface area contributed by atoms with Crippen LogP contribution in [0.3, 0.4) is 0 Å². The number of aliphatic hydroxyl groups excluding tert-OH is 1. The average molecular weight is 386 g/mol. The summed E-state index contributed by atoms with van der Waals surface area (Å²) in [5.41, 5.74) is 2.12. The van der Waals surface area contributed by atoms with Crippen LogP contribution in [-0.2, 0) is 10.2 Å². The number of methoxy groups -OCH3 is 1. The van der Waals surface area contributed by atoms with E-state index in [-0.39, 0.29) is 17.9 Å². The molecule has 0 aliphatic heterocycles. The smallest absolute Gasteiger partial charge is 0.220 e. The summed E-state index contributed by atoms with van der Waals surface area (Å²) in [6.07, 6.45) is 0.230. The van der Waals surface area contributed by atoms with Crippen molar-refractivity contribution in [2.45, 2.75) is 45.1 Å². The van der Waals surface area contributed by atoms with Crippen molar-refractivity contribution in [1.29, 1.82) is 0 Å². The first kappa shape index (κ1) is 21.8. The van der Waals surface area contributed by atoms with Crippen LogP contribution in [0.4, 0.5) is 0 Å². The van der Waals surface area contributed by atoms with Crippen molar-refractivity contribution >= 4 is 5.91 Å². The first-order chi connectivity index (χ1) is 13.3. The van der Waals surface area contributed by atoms with Gasteiger partial charge in [-0.3, -0.25) is 4.79 Å². The minimum atomic E-state index is -0.743. The molecule has 0 saturated heterocycles. The molecule has 0 aromatic heterocycles. The van der Waals surface area contributed by atoms with Crippen LogP contribution in [-0.4, -0.2) is 31.3 Å². The Labute approximate surface area is 167 Å². The average Bonchev–Trinajstić information content (AvgIpc) is 2.69. The van der Waals surface area contributed by atoms with Crippen LogP contribution in [0, 0.1) is 0 Å². The number of hydrogen-bond acceptors (Lipinski definition) is 4. The van der Waals surface area contributed by atoms with E-state index < -0.39 is 6.10 Å². The SMILES string of the molecule is COc1ccc(C(O)CNC(=O)CCCOc2ccc(C(C)(C)C)cc2)cc1. The monoisotopic (exact) mass is 385 g/mol. The normalized spacial score (nSPS) is 12.3. The number of carbonyl (C=O) groups is 1. The minimum absolute atomic E-state index is 0.0979. The third kappa shape index (κ3) is 6.89. The summed E-state index contributed by atoms with van der Waals surface area (Å²) in [5, 5.41) is 12.9. The quantitative estimate of drug-likeness (QED) is 0.640. The van der Waals surface area contributed by atoms with Crippen LogP contribution in [0.25, 0.3) is 0 Å². The van der Waals surface area contributed by atoms with Gasteiger partial charge in [0.05, 0.1) is 19.8 Å². The van der Waals surface area contributed by atoms with Gasteiger partial charge in [-0.1, -0.05) is 45.0 Å². The second-order valence-electron chi connectivity index (χ2n) is 7.82. The van der Waals surface area contributed by atoms with Crippen LogP contribution in [0.1, 0.15) is 50.8 Å². The highest BCUT2D eigenvalue weighted by atomic mass is 16.5. The molecule has 2 aromatic rings. The maximum absolute atomic E-state index is 11.9. The molecule has 5 nitrogen and oxygen atoms in total. The lowest BCUT2D eigenvalue weighted by molar-refractivity contribution is -0.121. The number of ether oxygens (including phenoxy) is 2. The summed E-state index contributed by atoms with van der Waals surface area (Å²) in [4.78, 5) is 11.9. The zero-order chi connectivity index (χ0) is 20.6. The number of amides is 1. The van der Waals surface area contributed by atoms with Gasteiger partial charge in [0.25, 0.3) is 0 Å². The molecular formula is C23H31NO4. The van der Waals surface area contributed by atoms with Crippen LogP contribution < -0.4 is 14.8 Å². The Morgan fingerprint density at radius 1 is 1.04 bits per heavy atom. The van der Waals surface area contributed by atoms with Gasteiger partial charge in [0.15, 0.2) is 0 Å². The van der Waals surface area contributed by atoms with Gasteiger partial charge in [-0.05, 0) is 47.2 Å². The number of aliphatic hydroxyl groups is 1. The summed E-state index contributed by atoms with van der Waals surface area (Å²) < 4.78 is 10.8. The zero-order valence-electron chi connectivity index (χ0n) is 17.2. The van der Waals surface area contributed by atoms with Gasteiger partial charge in [-0.25, -0.2) is 0 Å². The predicted octanol–water partition coefficient (Wildman–Crippen LogP) is 4.00. The molecule has 0 saturated carbocycles. The fourth-order valence-electron chi connectivity index (χ4n) is 2.72. The standard InChI is InChI=1S/C23H31NO4/c1-23(2,3)18-9-13-20(14-10-18)28-15-5-6-22(26)24-16-21(25)17-7-11-19(27-4)12-8-17/h7-14,21,25H,5-6,15-16H2,1-4H3,(H,24,26). The van der Waals surface area contributed by atoms with Gasteiger partial charge in [0.1, 0.15) is 11.5 Å². The third-order valence-electron chi connectivity index (χ3n) is 4.53. The molecule has 2 rings (SSSR count). The number of hydrogen-bond donors (Lipinski definition) is 2. The molecule has 1 unspecified atom stereocenters. The van der Waals surface area contributed by atoms with E-state index in [4.69, 9.17) is 9.47 Å². The van der Waals surface area contributed by atoms with Crippen LogP contribution >= 0.6 is 0 Å². The fraction of sp³-hybridized carbons (Fsp3) is 0.435. The Morgan fingerprint density at radius 2 is 1.64 bits per heavy atom. The first-order valence-electron chi connectivity index (χ1n) is 9.61. The lowest BCUT2D eigenvalue weighted by Gasteiger charge is -2.19. The predicted molar refractivity (Wildman–Crippen MR) is 111 cm³/mol. The summed E-state index contributed by atoms with van der Waals surface area (Å²) in [6, 6.07) is 15.2. The molecule has 5 heteroatoms. The molecule has 0 spiro atoms. The molecule has 0 radical (unpaired) electrons. The summed E-state index contributed by atoms with van der Waals surface area (Å²) >= 11 is 0. The zero-order valence-corrected chi connectivity index (χ0v) is 17.2. The molecule has 28 heavy (non-hydrogen) atoms. The third-order valence-corrected chi connectivity index (χ3v) is 4.53. The van der Waals surface area contributed by atoms with Gasteiger partial charge in [0, 0.05) is 13.0 Å². The second-order valence-corrected chi connectivity index (χ2v) is 7.82. The van der Waals surface area contributed by atoms with E-state index in [1.165, 1.54) is 5.56 Å². The minimum Gasteiger partial charge on any atom is -0.497 e. The molecule has 0 heterocycles. The van der Waals surface area contributed by atoms with E-state index in [0.29, 0.717) is 19.4 Å². The number of nitrogens with one attached hydrogen (secondary N) is 1. The molecule has 152 valence electrons. The molecule has 1 amide bonds. The van der Waals surface area contributed by atoms with Crippen LogP contribution in [0.5, 0.6) is 11.5 Å². The van der Waals surface area contributed by atoms with Gasteiger partial charge < -0.3 is 19.9 Å². The highest BCUT2D eigenvalue weighted by molar-refractivity contribution is 5.75. The molecule has 2 aromatic carbocycles. The Kier molecular flexibility index (Phi) is 7.88. The van der Waals surface area contributed by atoms with E-state index in [0.717, 1.165) is 17.1 Å². The second kappa shape index (κ2) is 10.1. The van der Waals surface area contributed by atoms with E-state index in [2.05, 4.69) is 38.2 Å². The van der Waals surface area contributed by atoms with E-state index in [1.807, 2.05) is 12.1 Å². The van der Waals surface area contributed by atoms with Gasteiger partial charge >= 0.3 is 0 Å². The molecule has 1 atom stereocenters. The summed E-state index contributed by atoms with van der Waals surface area (Å²) in [7, 11) is 1.59. The van der Waals surface area contributed by atoms with Gasteiger partial charge in [0.2, 0.25) is 5.91 Å². The molecule has 2 N–H and O–H groups in total. The summed E-state index contributed by atoms with van der Waals surface area (Å²) in [5.74, 6) is 1.44. The van der Waals surface area contributed by atoms with Crippen molar-refractivity contribution in [2.75, 3.05) is 20.3 Å². The van der Waals surface area contributed by atoms with Crippen LogP contribution in [0.2, 0.25) is 0 Å². The Hall–Kier alpha value is -2.53. The van der Waals surface area contributed by atoms with E-state index in [1.54, 1.807) is 31.4 Å². The van der Waals surface area contributed by atoms with Gasteiger partial charge in [-0.2, -0.15) is 0 Å². The molecule has 0 aliphatic carbocycles. The Balaban J connectivity index is 1.65. The number of benzene rings is 2. The fourth-order valence-corrected chi connectivity index (χ4v) is 2.72. The Morgan fingerprint density at radius 3 is 2.21 bits per heavy atom. The maximum atomic E-state index is 11.9. The molecule has 0 aliphatic rings. The number of rotatable bonds is 9. The highest BCUT2D eigenvalue weighted by Crippen LogP contribution is 2.24. The first-order valence-corrected chi connectivity index (χ1v) is 9.61. The van der Waals surface area contributed by atoms with Crippen molar-refractivity contribution in [2.24, 2.45) is 0 Å². The summed E-state index contributed by atoms with van der Waals surface area (Å²) in [6.45, 7) is 7.18. The van der Waals surface area contributed by atoms with Crippen molar-refractivity contribution < 1.29 is 19.4 Å². The molecule has 0 fully saturated rings. The van der Waals surface area contributed by atoms with Crippen molar-refractivity contribution in [3.63, 3.8) is 0 Å². The van der Waals surface area contributed by atoms with Gasteiger partial charge in [-0.15, -0.1) is 0 Å².